The van der Waals surface area contributed by atoms with Crippen molar-refractivity contribution in [2.24, 2.45) is 0 Å². The molecule has 1 aliphatic carbocycles. The summed E-state index contributed by atoms with van der Waals surface area (Å²) in [4.78, 5) is 12.7. The Kier molecular flexibility index (Phi) is 4.94. The van der Waals surface area contributed by atoms with Gasteiger partial charge in [-0.3, -0.25) is 0 Å². The second-order valence-electron chi connectivity index (χ2n) is 8.36. The molecule has 1 aliphatic heterocycles. The van der Waals surface area contributed by atoms with E-state index < -0.39 is 35.4 Å². The van der Waals surface area contributed by atoms with E-state index in [9.17, 15) is 18.7 Å². The first kappa shape index (κ1) is 19.6. The Labute approximate surface area is 168 Å². The number of anilines is 1. The van der Waals surface area contributed by atoms with Crippen LogP contribution in [-0.2, 0) is 12.8 Å². The summed E-state index contributed by atoms with van der Waals surface area (Å²) in [5.74, 6) is -1.54. The zero-order valence-electron chi connectivity index (χ0n) is 16.4. The number of hydrogen-bond donors (Lipinski definition) is 3. The number of aryl methyl sites for hydroxylation is 1. The molecule has 4 rings (SSSR count). The lowest BCUT2D eigenvalue weighted by Crippen LogP contribution is -2.43. The third-order valence-corrected chi connectivity index (χ3v) is 5.50. The van der Waals surface area contributed by atoms with Crippen molar-refractivity contribution in [3.8, 4) is 5.75 Å². The zero-order valence-corrected chi connectivity index (χ0v) is 16.4. The third kappa shape index (κ3) is 4.05. The minimum Gasteiger partial charge on any atom is -0.484 e. The third-order valence-electron chi connectivity index (χ3n) is 5.50. The van der Waals surface area contributed by atoms with Gasteiger partial charge in [0, 0.05) is 30.2 Å². The molecule has 7 heteroatoms. The summed E-state index contributed by atoms with van der Waals surface area (Å²) in [5, 5.41) is 15.6. The largest absolute Gasteiger partial charge is 0.484 e. The Morgan fingerprint density at radius 3 is 2.86 bits per heavy atom. The summed E-state index contributed by atoms with van der Waals surface area (Å²) in [6, 6.07) is 6.54. The van der Waals surface area contributed by atoms with Crippen LogP contribution in [0.25, 0.3) is 0 Å². The van der Waals surface area contributed by atoms with Gasteiger partial charge in [0.25, 0.3) is 0 Å². The molecular weight excluding hydrogens is 378 g/mol. The number of aliphatic hydroxyl groups is 1. The van der Waals surface area contributed by atoms with Crippen molar-refractivity contribution in [3.05, 3.63) is 58.7 Å². The van der Waals surface area contributed by atoms with E-state index in [1.165, 1.54) is 6.07 Å². The van der Waals surface area contributed by atoms with E-state index in [2.05, 4.69) is 10.6 Å². The molecule has 2 aromatic rings. The van der Waals surface area contributed by atoms with Crippen LogP contribution in [0.2, 0.25) is 0 Å². The van der Waals surface area contributed by atoms with Gasteiger partial charge < -0.3 is 20.5 Å². The maximum atomic E-state index is 14.2. The number of aliphatic hydroxyl groups excluding tert-OH is 1. The topological polar surface area (TPSA) is 70.6 Å². The van der Waals surface area contributed by atoms with E-state index in [0.717, 1.165) is 23.6 Å². The Morgan fingerprint density at radius 2 is 2.07 bits per heavy atom. The summed E-state index contributed by atoms with van der Waals surface area (Å²) < 4.78 is 33.7. The first-order valence-corrected chi connectivity index (χ1v) is 9.76. The highest BCUT2D eigenvalue weighted by Crippen LogP contribution is 2.41. The normalized spacial score (nSPS) is 22.1. The van der Waals surface area contributed by atoms with Crippen molar-refractivity contribution in [2.45, 2.75) is 57.3 Å². The fourth-order valence-corrected chi connectivity index (χ4v) is 4.20. The zero-order chi connectivity index (χ0) is 20.8. The first-order valence-electron chi connectivity index (χ1n) is 9.76. The lowest BCUT2D eigenvalue weighted by Gasteiger charge is -2.38. The van der Waals surface area contributed by atoms with Crippen LogP contribution in [-0.4, -0.2) is 22.8 Å². The molecule has 0 saturated heterocycles. The van der Waals surface area contributed by atoms with E-state index in [1.54, 1.807) is 19.9 Å². The number of halogens is 2. The van der Waals surface area contributed by atoms with Crippen LogP contribution in [0.15, 0.2) is 30.3 Å². The van der Waals surface area contributed by atoms with Gasteiger partial charge in [-0.1, -0.05) is 12.1 Å². The SMILES string of the molecule is CC1(C)C[C@@H](NC(=O)Nc2cccc3c2C[C@H](O)CC3)c2cc(F)cc(F)c2O1. The molecule has 0 unspecified atom stereocenters. The number of urea groups is 1. The molecule has 0 saturated carbocycles. The van der Waals surface area contributed by atoms with Crippen LogP contribution in [0.5, 0.6) is 5.75 Å². The highest BCUT2D eigenvalue weighted by atomic mass is 19.1. The maximum Gasteiger partial charge on any atom is 0.319 e. The minimum atomic E-state index is -0.786. The van der Waals surface area contributed by atoms with E-state index in [4.69, 9.17) is 4.74 Å². The first-order chi connectivity index (χ1) is 13.7. The van der Waals surface area contributed by atoms with Gasteiger partial charge in [0.15, 0.2) is 11.6 Å². The number of amides is 2. The van der Waals surface area contributed by atoms with E-state index in [-0.39, 0.29) is 11.3 Å². The number of rotatable bonds is 2. The standard InChI is InChI=1S/C22H24F2N2O3/c1-22(2)11-19(16-8-13(23)9-17(24)20(16)29-22)26-21(28)25-18-5-3-4-12-6-7-14(27)10-15(12)18/h3-5,8-9,14,19,27H,6-7,10-11H2,1-2H3,(H2,25,26,28)/t14-,19-/m1/s1. The van der Waals surface area contributed by atoms with Gasteiger partial charge in [0.1, 0.15) is 11.4 Å². The average Bonchev–Trinajstić information content (AvgIpc) is 2.63. The predicted octanol–water partition coefficient (Wildman–Crippen LogP) is 4.24. The molecule has 154 valence electrons. The van der Waals surface area contributed by atoms with Crippen molar-refractivity contribution in [2.75, 3.05) is 5.32 Å². The molecule has 2 aliphatic rings. The van der Waals surface area contributed by atoms with Crippen LogP contribution in [0, 0.1) is 11.6 Å². The Morgan fingerprint density at radius 1 is 1.28 bits per heavy atom. The molecule has 2 aromatic carbocycles. The van der Waals surface area contributed by atoms with Gasteiger partial charge >= 0.3 is 6.03 Å². The number of fused-ring (bicyclic) bond motifs is 2. The van der Waals surface area contributed by atoms with Gasteiger partial charge in [-0.25, -0.2) is 13.6 Å². The molecule has 2 amide bonds. The molecule has 0 radical (unpaired) electrons. The van der Waals surface area contributed by atoms with Gasteiger partial charge in [-0.05, 0) is 49.9 Å². The maximum absolute atomic E-state index is 14.2. The van der Waals surface area contributed by atoms with Crippen molar-refractivity contribution in [1.82, 2.24) is 5.32 Å². The number of carbonyl (C=O) groups excluding carboxylic acids is 1. The Balaban J connectivity index is 1.57. The molecule has 0 aromatic heterocycles. The Bertz CT molecular complexity index is 961. The Hall–Kier alpha value is -2.67. The van der Waals surface area contributed by atoms with Crippen molar-refractivity contribution < 1.29 is 23.4 Å². The monoisotopic (exact) mass is 402 g/mol. The number of benzene rings is 2. The van der Waals surface area contributed by atoms with Gasteiger partial charge in [0.05, 0.1) is 12.1 Å². The minimum absolute atomic E-state index is 0.0341. The van der Waals surface area contributed by atoms with E-state index >= 15 is 0 Å². The molecular formula is C22H24F2N2O3. The van der Waals surface area contributed by atoms with Crippen molar-refractivity contribution in [3.63, 3.8) is 0 Å². The summed E-state index contributed by atoms with van der Waals surface area (Å²) in [6.07, 6.45) is 1.88. The lowest BCUT2D eigenvalue weighted by molar-refractivity contribution is 0.0626. The molecule has 2 atom stereocenters. The number of ether oxygens (including phenoxy) is 1. The average molecular weight is 402 g/mol. The molecule has 3 N–H and O–H groups in total. The summed E-state index contributed by atoms with van der Waals surface area (Å²) >= 11 is 0. The van der Waals surface area contributed by atoms with Crippen LogP contribution < -0.4 is 15.4 Å². The molecule has 5 nitrogen and oxygen atoms in total. The second-order valence-corrected chi connectivity index (χ2v) is 8.36. The van der Waals surface area contributed by atoms with Crippen LogP contribution in [0.4, 0.5) is 19.3 Å². The van der Waals surface area contributed by atoms with Crippen molar-refractivity contribution >= 4 is 11.7 Å². The number of hydrogen-bond acceptors (Lipinski definition) is 3. The fraction of sp³-hybridized carbons (Fsp3) is 0.409. The summed E-state index contributed by atoms with van der Waals surface area (Å²) in [6.45, 7) is 3.58. The molecule has 1 heterocycles. The van der Waals surface area contributed by atoms with Crippen LogP contribution >= 0.6 is 0 Å². The predicted molar refractivity (Wildman–Crippen MR) is 105 cm³/mol. The number of carbonyl (C=O) groups is 1. The number of nitrogens with one attached hydrogen (secondary N) is 2. The smallest absolute Gasteiger partial charge is 0.319 e. The van der Waals surface area contributed by atoms with Crippen molar-refractivity contribution in [1.29, 1.82) is 0 Å². The second kappa shape index (κ2) is 7.30. The molecule has 0 bridgehead atoms. The molecule has 0 spiro atoms. The van der Waals surface area contributed by atoms with Crippen LogP contribution in [0.1, 0.15) is 49.4 Å². The quantitative estimate of drug-likeness (QED) is 0.704. The molecule has 29 heavy (non-hydrogen) atoms. The molecule has 0 fully saturated rings. The van der Waals surface area contributed by atoms with Gasteiger partial charge in [-0.15, -0.1) is 0 Å². The fourth-order valence-electron chi connectivity index (χ4n) is 4.20. The van der Waals surface area contributed by atoms with E-state index in [0.29, 0.717) is 24.9 Å². The van der Waals surface area contributed by atoms with Gasteiger partial charge in [0.2, 0.25) is 0 Å². The summed E-state index contributed by atoms with van der Waals surface area (Å²) in [7, 11) is 0. The highest BCUT2D eigenvalue weighted by molar-refractivity contribution is 5.90. The highest BCUT2D eigenvalue weighted by Gasteiger charge is 2.37. The lowest BCUT2D eigenvalue weighted by atomic mass is 9.88. The van der Waals surface area contributed by atoms with Crippen LogP contribution in [0.3, 0.4) is 0 Å². The summed E-state index contributed by atoms with van der Waals surface area (Å²) in [5.41, 5.74) is 2.22. The van der Waals surface area contributed by atoms with E-state index in [1.807, 2.05) is 12.1 Å². The van der Waals surface area contributed by atoms with Gasteiger partial charge in [-0.2, -0.15) is 0 Å².